The molecular formula is C20H21N3O6S2. The van der Waals surface area contributed by atoms with Gasteiger partial charge >= 0.3 is 6.01 Å². The molecule has 0 aliphatic rings. The predicted molar refractivity (Wildman–Crippen MR) is 113 cm³/mol. The molecule has 0 bridgehead atoms. The summed E-state index contributed by atoms with van der Waals surface area (Å²) in [6.07, 6.45) is -0.0139. The smallest absolute Gasteiger partial charge is 0.322 e. The van der Waals surface area contributed by atoms with E-state index in [0.717, 1.165) is 0 Å². The zero-order valence-corrected chi connectivity index (χ0v) is 18.3. The molecule has 1 N–H and O–H groups in total. The quantitative estimate of drug-likeness (QED) is 0.509. The van der Waals surface area contributed by atoms with Gasteiger partial charge in [0.05, 0.1) is 27.7 Å². The number of sulfone groups is 2. The lowest BCUT2D eigenvalue weighted by Crippen LogP contribution is -2.14. The molecule has 0 atom stereocenters. The van der Waals surface area contributed by atoms with Crippen LogP contribution < -0.4 is 5.32 Å². The Hall–Kier alpha value is -3.05. The predicted octanol–water partition coefficient (Wildman–Crippen LogP) is 2.06. The Labute approximate surface area is 180 Å². The molecule has 0 saturated heterocycles. The van der Waals surface area contributed by atoms with Crippen LogP contribution in [-0.4, -0.2) is 44.4 Å². The molecule has 31 heavy (non-hydrogen) atoms. The molecule has 0 aliphatic heterocycles. The first-order chi connectivity index (χ1) is 14.7. The molecule has 164 valence electrons. The highest BCUT2D eigenvalue weighted by molar-refractivity contribution is 7.91. The lowest BCUT2D eigenvalue weighted by molar-refractivity contribution is -0.115. The third-order valence-electron chi connectivity index (χ3n) is 4.43. The maximum atomic E-state index is 12.3. The molecule has 1 aromatic heterocycles. The van der Waals surface area contributed by atoms with Gasteiger partial charge < -0.3 is 4.42 Å². The highest BCUT2D eigenvalue weighted by Gasteiger charge is 2.17. The summed E-state index contributed by atoms with van der Waals surface area (Å²) < 4.78 is 53.6. The van der Waals surface area contributed by atoms with Crippen LogP contribution in [0, 0.1) is 0 Å². The molecule has 0 spiro atoms. The Bertz CT molecular complexity index is 1250. The van der Waals surface area contributed by atoms with E-state index in [2.05, 4.69) is 15.5 Å². The first-order valence-corrected chi connectivity index (χ1v) is 12.7. The van der Waals surface area contributed by atoms with Gasteiger partial charge in [-0.1, -0.05) is 42.4 Å². The first-order valence-electron chi connectivity index (χ1n) is 9.41. The van der Waals surface area contributed by atoms with Crippen LogP contribution in [0.1, 0.15) is 18.4 Å². The molecule has 0 unspecified atom stereocenters. The van der Waals surface area contributed by atoms with Crippen LogP contribution in [0.3, 0.4) is 0 Å². The Morgan fingerprint density at radius 3 is 2.19 bits per heavy atom. The monoisotopic (exact) mass is 463 g/mol. The minimum atomic E-state index is -3.49. The minimum absolute atomic E-state index is 0.00101. The number of carbonyl (C=O) groups excluding carboxylic acids is 1. The number of rotatable bonds is 9. The Morgan fingerprint density at radius 1 is 0.903 bits per heavy atom. The summed E-state index contributed by atoms with van der Waals surface area (Å²) in [5.74, 6) is -0.555. The number of carbonyl (C=O) groups is 1. The van der Waals surface area contributed by atoms with E-state index in [1.807, 2.05) is 0 Å². The van der Waals surface area contributed by atoms with Crippen molar-refractivity contribution in [2.45, 2.75) is 29.6 Å². The molecule has 0 aliphatic carbocycles. The molecule has 2 aromatic carbocycles. The number of hydrogen-bond acceptors (Lipinski definition) is 8. The van der Waals surface area contributed by atoms with Gasteiger partial charge in [0.25, 0.3) is 0 Å². The molecular weight excluding hydrogens is 442 g/mol. The number of aryl methyl sites for hydroxylation is 1. The average molecular weight is 464 g/mol. The fourth-order valence-electron chi connectivity index (χ4n) is 2.70. The van der Waals surface area contributed by atoms with E-state index < -0.39 is 25.6 Å². The highest BCUT2D eigenvalue weighted by atomic mass is 32.2. The largest absolute Gasteiger partial charge is 0.408 e. The molecule has 0 radical (unpaired) electrons. The van der Waals surface area contributed by atoms with Gasteiger partial charge in [0, 0.05) is 6.42 Å². The maximum absolute atomic E-state index is 12.3. The molecule has 0 fully saturated rings. The van der Waals surface area contributed by atoms with Crippen LogP contribution in [0.15, 0.2) is 68.8 Å². The van der Waals surface area contributed by atoms with Crippen LogP contribution in [0.2, 0.25) is 0 Å². The average Bonchev–Trinajstić information content (AvgIpc) is 3.20. The lowest BCUT2D eigenvalue weighted by atomic mass is 10.1. The second-order valence-electron chi connectivity index (χ2n) is 6.66. The van der Waals surface area contributed by atoms with E-state index in [-0.39, 0.29) is 46.0 Å². The number of hydrogen-bond donors (Lipinski definition) is 1. The van der Waals surface area contributed by atoms with Gasteiger partial charge in [-0.2, -0.15) is 0 Å². The first kappa shape index (κ1) is 22.6. The van der Waals surface area contributed by atoms with E-state index in [4.69, 9.17) is 4.42 Å². The zero-order chi connectivity index (χ0) is 22.5. The number of nitrogens with zero attached hydrogens (tertiary/aromatic N) is 2. The lowest BCUT2D eigenvalue weighted by Gasteiger charge is -2.04. The number of nitrogens with one attached hydrogen (secondary N) is 1. The van der Waals surface area contributed by atoms with Crippen LogP contribution in [-0.2, 0) is 37.3 Å². The fraction of sp³-hybridized carbons (Fsp3) is 0.250. The Morgan fingerprint density at radius 2 is 1.55 bits per heavy atom. The summed E-state index contributed by atoms with van der Waals surface area (Å²) >= 11 is 0. The second-order valence-corrected chi connectivity index (χ2v) is 11.0. The summed E-state index contributed by atoms with van der Waals surface area (Å²) in [7, 11) is -6.79. The van der Waals surface area contributed by atoms with Crippen molar-refractivity contribution in [2.24, 2.45) is 0 Å². The van der Waals surface area contributed by atoms with Crippen LogP contribution in [0.4, 0.5) is 6.01 Å². The van der Waals surface area contributed by atoms with Crippen LogP contribution in [0.5, 0.6) is 0 Å². The molecule has 1 heterocycles. The Balaban J connectivity index is 1.55. The molecule has 1 amide bonds. The number of benzene rings is 2. The van der Waals surface area contributed by atoms with Crippen molar-refractivity contribution >= 4 is 31.6 Å². The third-order valence-corrected chi connectivity index (χ3v) is 7.91. The van der Waals surface area contributed by atoms with Gasteiger partial charge in [0.1, 0.15) is 0 Å². The molecule has 3 aromatic rings. The van der Waals surface area contributed by atoms with E-state index in [1.165, 1.54) is 24.3 Å². The molecule has 0 saturated carbocycles. The summed E-state index contributed by atoms with van der Waals surface area (Å²) in [6, 6.07) is 13.9. The highest BCUT2D eigenvalue weighted by Crippen LogP contribution is 2.15. The van der Waals surface area contributed by atoms with Crippen molar-refractivity contribution in [1.82, 2.24) is 10.2 Å². The zero-order valence-electron chi connectivity index (χ0n) is 16.7. The van der Waals surface area contributed by atoms with Gasteiger partial charge in [-0.3, -0.25) is 10.1 Å². The van der Waals surface area contributed by atoms with E-state index in [1.54, 1.807) is 37.3 Å². The molecule has 3 rings (SSSR count). The van der Waals surface area contributed by atoms with Crippen molar-refractivity contribution < 1.29 is 26.0 Å². The van der Waals surface area contributed by atoms with Crippen molar-refractivity contribution in [3.8, 4) is 0 Å². The van der Waals surface area contributed by atoms with Crippen molar-refractivity contribution in [2.75, 3.05) is 16.8 Å². The summed E-state index contributed by atoms with van der Waals surface area (Å²) in [4.78, 5) is 12.6. The van der Waals surface area contributed by atoms with Crippen molar-refractivity contribution in [3.63, 3.8) is 0 Å². The number of amides is 1. The molecule has 11 heteroatoms. The van der Waals surface area contributed by atoms with Crippen LogP contribution in [0.25, 0.3) is 0 Å². The van der Waals surface area contributed by atoms with Crippen LogP contribution >= 0.6 is 0 Å². The van der Waals surface area contributed by atoms with E-state index in [0.29, 0.717) is 5.56 Å². The van der Waals surface area contributed by atoms with Gasteiger partial charge in [-0.05, 0) is 29.8 Å². The summed E-state index contributed by atoms with van der Waals surface area (Å²) in [5.41, 5.74) is 0.612. The van der Waals surface area contributed by atoms with Crippen molar-refractivity contribution in [3.05, 3.63) is 66.1 Å². The van der Waals surface area contributed by atoms with Crippen molar-refractivity contribution in [1.29, 1.82) is 0 Å². The van der Waals surface area contributed by atoms with Gasteiger partial charge in [0.2, 0.25) is 11.8 Å². The SMILES string of the molecule is CCS(=O)(=O)c1ccc(CC(=O)Nc2nnc(CCS(=O)(=O)c3ccccc3)o2)cc1. The number of aromatic nitrogens is 2. The van der Waals surface area contributed by atoms with Gasteiger partial charge in [-0.15, -0.1) is 5.10 Å². The van der Waals surface area contributed by atoms with Gasteiger partial charge in [-0.25, -0.2) is 16.8 Å². The van der Waals surface area contributed by atoms with E-state index >= 15 is 0 Å². The normalized spacial score (nSPS) is 11.9. The fourth-order valence-corrected chi connectivity index (χ4v) is 4.84. The Kier molecular flexibility index (Phi) is 6.86. The maximum Gasteiger partial charge on any atom is 0.322 e. The number of anilines is 1. The summed E-state index contributed by atoms with van der Waals surface area (Å²) in [5, 5.41) is 9.91. The topological polar surface area (TPSA) is 136 Å². The summed E-state index contributed by atoms with van der Waals surface area (Å²) in [6.45, 7) is 1.56. The van der Waals surface area contributed by atoms with E-state index in [9.17, 15) is 21.6 Å². The standard InChI is InChI=1S/C20H21N3O6S2/c1-2-30(25,26)17-10-8-15(9-11-17)14-18(24)21-20-23-22-19(29-20)12-13-31(27,28)16-6-4-3-5-7-16/h3-11H,2,12-14H2,1H3,(H,21,23,24). The minimum Gasteiger partial charge on any atom is -0.408 e. The third kappa shape index (κ3) is 5.98. The van der Waals surface area contributed by atoms with Gasteiger partial charge in [0.15, 0.2) is 19.7 Å². The molecule has 9 nitrogen and oxygen atoms in total. The second kappa shape index (κ2) is 9.40.